The van der Waals surface area contributed by atoms with Gasteiger partial charge in [-0.1, -0.05) is 35.2 Å². The number of rotatable bonds is 4. The molecule has 1 N–H and O–H groups in total. The first-order valence-electron chi connectivity index (χ1n) is 6.41. The van der Waals surface area contributed by atoms with E-state index in [-0.39, 0.29) is 11.3 Å². The van der Waals surface area contributed by atoms with Crippen LogP contribution < -0.4 is 5.32 Å². The Hall–Kier alpha value is -0.420. The molecule has 1 fully saturated rings. The third kappa shape index (κ3) is 3.32. The van der Waals surface area contributed by atoms with Gasteiger partial charge in [-0.3, -0.25) is 4.79 Å². The fourth-order valence-electron chi connectivity index (χ4n) is 2.49. The lowest BCUT2D eigenvalue weighted by molar-refractivity contribution is 0.0917. The van der Waals surface area contributed by atoms with E-state index in [9.17, 15) is 4.79 Å². The highest BCUT2D eigenvalue weighted by Crippen LogP contribution is 2.37. The third-order valence-corrected chi connectivity index (χ3v) is 5.64. The van der Waals surface area contributed by atoms with Crippen LogP contribution in [-0.2, 0) is 0 Å². The lowest BCUT2D eigenvalue weighted by atomic mass is 9.75. The first kappa shape index (κ1) is 14.0. The average molecular weight is 331 g/mol. The molecule has 0 spiro atoms. The van der Waals surface area contributed by atoms with Crippen LogP contribution in [-0.4, -0.2) is 22.8 Å². The summed E-state index contributed by atoms with van der Waals surface area (Å²) in [5, 5.41) is 6.78. The minimum atomic E-state index is -0.0368. The smallest absolute Gasteiger partial charge is 0.270 e. The van der Waals surface area contributed by atoms with E-state index in [1.165, 1.54) is 43.4 Å². The summed E-state index contributed by atoms with van der Waals surface area (Å²) < 4.78 is 0. The second kappa shape index (κ2) is 6.15. The van der Waals surface area contributed by atoms with Crippen LogP contribution in [0.25, 0.3) is 0 Å². The van der Waals surface area contributed by atoms with E-state index in [0.717, 1.165) is 16.9 Å². The standard InChI is InChI=1S/C13H19BrN2OS/c1-10-16-11(7-18-10)12(17)15-9-13(8-14)5-3-2-4-6-13/h7H,2-6,8-9H2,1H3,(H,15,17). The van der Waals surface area contributed by atoms with Crippen LogP contribution in [0.4, 0.5) is 0 Å². The van der Waals surface area contributed by atoms with E-state index < -0.39 is 0 Å². The van der Waals surface area contributed by atoms with Crippen LogP contribution in [0.2, 0.25) is 0 Å². The number of carbonyl (C=O) groups is 1. The number of hydrogen-bond acceptors (Lipinski definition) is 3. The van der Waals surface area contributed by atoms with Crippen molar-refractivity contribution in [2.45, 2.75) is 39.0 Å². The van der Waals surface area contributed by atoms with E-state index in [0.29, 0.717) is 5.69 Å². The van der Waals surface area contributed by atoms with Crippen LogP contribution in [0, 0.1) is 12.3 Å². The molecule has 1 amide bonds. The Kier molecular flexibility index (Phi) is 4.78. The summed E-state index contributed by atoms with van der Waals surface area (Å²) >= 11 is 5.13. The molecule has 100 valence electrons. The Bertz CT molecular complexity index is 413. The molecule has 1 aromatic rings. The zero-order valence-corrected chi connectivity index (χ0v) is 13.1. The van der Waals surface area contributed by atoms with Crippen molar-refractivity contribution >= 4 is 33.2 Å². The SMILES string of the molecule is Cc1nc(C(=O)NCC2(CBr)CCCCC2)cs1. The molecule has 1 aromatic heterocycles. The minimum absolute atomic E-state index is 0.0368. The number of amides is 1. The first-order valence-corrected chi connectivity index (χ1v) is 8.42. The normalized spacial score (nSPS) is 18.6. The maximum Gasteiger partial charge on any atom is 0.270 e. The molecule has 0 atom stereocenters. The number of halogens is 1. The molecule has 18 heavy (non-hydrogen) atoms. The molecule has 3 nitrogen and oxygen atoms in total. The lowest BCUT2D eigenvalue weighted by Crippen LogP contribution is -2.40. The molecular weight excluding hydrogens is 312 g/mol. The zero-order chi connectivity index (χ0) is 13.0. The van der Waals surface area contributed by atoms with Gasteiger partial charge < -0.3 is 5.32 Å². The summed E-state index contributed by atoms with van der Waals surface area (Å²) in [6.07, 6.45) is 6.28. The van der Waals surface area contributed by atoms with Gasteiger partial charge in [0.05, 0.1) is 5.01 Å². The lowest BCUT2D eigenvalue weighted by Gasteiger charge is -2.35. The predicted molar refractivity (Wildman–Crippen MR) is 78.5 cm³/mol. The Morgan fingerprint density at radius 3 is 2.78 bits per heavy atom. The van der Waals surface area contributed by atoms with E-state index in [4.69, 9.17) is 0 Å². The quantitative estimate of drug-likeness (QED) is 0.858. The highest BCUT2D eigenvalue weighted by molar-refractivity contribution is 9.09. The van der Waals surface area contributed by atoms with E-state index in [1.54, 1.807) is 0 Å². The van der Waals surface area contributed by atoms with Crippen LogP contribution in [0.1, 0.15) is 47.6 Å². The fraction of sp³-hybridized carbons (Fsp3) is 0.692. The molecule has 5 heteroatoms. The van der Waals surface area contributed by atoms with Crippen molar-refractivity contribution in [1.82, 2.24) is 10.3 Å². The fourth-order valence-corrected chi connectivity index (χ4v) is 3.84. The summed E-state index contributed by atoms with van der Waals surface area (Å²) in [6.45, 7) is 2.68. The molecule has 0 unspecified atom stereocenters. The first-order chi connectivity index (χ1) is 8.65. The number of aryl methyl sites for hydroxylation is 1. The summed E-state index contributed by atoms with van der Waals surface area (Å²) in [5.41, 5.74) is 0.803. The highest BCUT2D eigenvalue weighted by Gasteiger charge is 2.31. The number of aromatic nitrogens is 1. The number of nitrogens with zero attached hydrogens (tertiary/aromatic N) is 1. The maximum absolute atomic E-state index is 12.0. The molecule has 1 aliphatic rings. The van der Waals surface area contributed by atoms with Crippen LogP contribution in [0.5, 0.6) is 0 Å². The van der Waals surface area contributed by atoms with E-state index in [1.807, 2.05) is 12.3 Å². The van der Waals surface area contributed by atoms with Crippen molar-refractivity contribution < 1.29 is 4.79 Å². The maximum atomic E-state index is 12.0. The van der Waals surface area contributed by atoms with Crippen molar-refractivity contribution in [3.63, 3.8) is 0 Å². The largest absolute Gasteiger partial charge is 0.350 e. The molecule has 0 aromatic carbocycles. The Morgan fingerprint density at radius 2 is 2.22 bits per heavy atom. The molecular formula is C13H19BrN2OS. The number of hydrogen-bond donors (Lipinski definition) is 1. The molecule has 2 rings (SSSR count). The molecule has 0 bridgehead atoms. The van der Waals surface area contributed by atoms with Gasteiger partial charge in [0.2, 0.25) is 0 Å². The van der Waals surface area contributed by atoms with Crippen molar-refractivity contribution in [3.05, 3.63) is 16.1 Å². The monoisotopic (exact) mass is 330 g/mol. The van der Waals surface area contributed by atoms with Gasteiger partial charge in [0.25, 0.3) is 5.91 Å². The topological polar surface area (TPSA) is 42.0 Å². The van der Waals surface area contributed by atoms with E-state index in [2.05, 4.69) is 26.2 Å². The van der Waals surface area contributed by atoms with Crippen LogP contribution in [0.3, 0.4) is 0 Å². The minimum Gasteiger partial charge on any atom is -0.350 e. The second-order valence-corrected chi connectivity index (χ2v) is 6.75. The summed E-state index contributed by atoms with van der Waals surface area (Å²) in [6, 6.07) is 0. The molecule has 0 radical (unpaired) electrons. The molecule has 0 aliphatic heterocycles. The summed E-state index contributed by atoms with van der Waals surface area (Å²) in [5.74, 6) is -0.0368. The second-order valence-electron chi connectivity index (χ2n) is 5.13. The van der Waals surface area contributed by atoms with Crippen molar-refractivity contribution in [2.24, 2.45) is 5.41 Å². The molecule has 1 heterocycles. The molecule has 1 aliphatic carbocycles. The van der Waals surface area contributed by atoms with Gasteiger partial charge in [-0.15, -0.1) is 11.3 Å². The van der Waals surface area contributed by atoms with Gasteiger partial charge in [0.15, 0.2) is 0 Å². The van der Waals surface area contributed by atoms with Gasteiger partial charge in [-0.2, -0.15) is 0 Å². The predicted octanol–water partition coefficient (Wildman–Crippen LogP) is 3.53. The summed E-state index contributed by atoms with van der Waals surface area (Å²) in [7, 11) is 0. The van der Waals surface area contributed by atoms with Crippen molar-refractivity contribution in [3.8, 4) is 0 Å². The number of nitrogens with one attached hydrogen (secondary N) is 1. The average Bonchev–Trinajstić information content (AvgIpc) is 2.84. The third-order valence-electron chi connectivity index (χ3n) is 3.67. The van der Waals surface area contributed by atoms with Gasteiger partial charge in [0.1, 0.15) is 5.69 Å². The van der Waals surface area contributed by atoms with Gasteiger partial charge in [-0.25, -0.2) is 4.98 Å². The molecule has 1 saturated carbocycles. The van der Waals surface area contributed by atoms with Crippen LogP contribution >= 0.6 is 27.3 Å². The Morgan fingerprint density at radius 1 is 1.50 bits per heavy atom. The van der Waals surface area contributed by atoms with Crippen LogP contribution in [0.15, 0.2) is 5.38 Å². The van der Waals surface area contributed by atoms with Gasteiger partial charge >= 0.3 is 0 Å². The number of alkyl halides is 1. The van der Waals surface area contributed by atoms with Gasteiger partial charge in [-0.05, 0) is 25.2 Å². The number of carbonyl (C=O) groups excluding carboxylic acids is 1. The Labute approximate surface area is 121 Å². The van der Waals surface area contributed by atoms with E-state index >= 15 is 0 Å². The van der Waals surface area contributed by atoms with Gasteiger partial charge in [0, 0.05) is 17.3 Å². The zero-order valence-electron chi connectivity index (χ0n) is 10.7. The summed E-state index contributed by atoms with van der Waals surface area (Å²) in [4.78, 5) is 16.2. The molecule has 0 saturated heterocycles. The Balaban J connectivity index is 1.91. The van der Waals surface area contributed by atoms with Crippen molar-refractivity contribution in [1.29, 1.82) is 0 Å². The number of thiazole rings is 1. The van der Waals surface area contributed by atoms with Crippen molar-refractivity contribution in [2.75, 3.05) is 11.9 Å². The highest BCUT2D eigenvalue weighted by atomic mass is 79.9.